The average molecular weight is 218 g/mol. The molecule has 1 unspecified atom stereocenters. The van der Waals surface area contributed by atoms with E-state index in [1.54, 1.807) is 5.57 Å². The second-order valence-corrected chi connectivity index (χ2v) is 7.11. The van der Waals surface area contributed by atoms with Gasteiger partial charge in [-0.2, -0.15) is 0 Å². The summed E-state index contributed by atoms with van der Waals surface area (Å²) in [5.41, 5.74) is 2.40. The maximum Gasteiger partial charge on any atom is -0.0166 e. The molecular formula is C16H26. The maximum atomic E-state index is 2.66. The van der Waals surface area contributed by atoms with Crippen LogP contribution in [0.1, 0.15) is 59.3 Å². The molecular weight excluding hydrogens is 192 g/mol. The minimum absolute atomic E-state index is 0.733. The van der Waals surface area contributed by atoms with Crippen molar-refractivity contribution in [3.8, 4) is 0 Å². The molecule has 3 aliphatic carbocycles. The smallest absolute Gasteiger partial charge is 0.0166 e. The van der Waals surface area contributed by atoms with Crippen LogP contribution in [0, 0.1) is 29.1 Å². The van der Waals surface area contributed by atoms with Crippen LogP contribution in [-0.4, -0.2) is 0 Å². The lowest BCUT2D eigenvalue weighted by Gasteiger charge is -2.46. The Morgan fingerprint density at radius 2 is 1.94 bits per heavy atom. The molecule has 0 spiro atoms. The highest BCUT2D eigenvalue weighted by molar-refractivity contribution is 5.14. The third kappa shape index (κ3) is 1.65. The first kappa shape index (κ1) is 10.9. The topological polar surface area (TPSA) is 0 Å². The first-order valence-electron chi connectivity index (χ1n) is 7.27. The zero-order chi connectivity index (χ0) is 11.3. The Hall–Kier alpha value is -0.260. The summed E-state index contributed by atoms with van der Waals surface area (Å²) in [5, 5.41) is 0. The summed E-state index contributed by atoms with van der Waals surface area (Å²) in [6.45, 7) is 7.39. The largest absolute Gasteiger partial charge is 0.0819 e. The number of rotatable bonds is 1. The van der Waals surface area contributed by atoms with E-state index >= 15 is 0 Å². The molecule has 2 fully saturated rings. The zero-order valence-electron chi connectivity index (χ0n) is 11.1. The number of fused-ring (bicyclic) bond motifs is 1. The monoisotopic (exact) mass is 218 g/mol. The maximum absolute atomic E-state index is 2.66. The highest BCUT2D eigenvalue weighted by atomic mass is 14.6. The molecule has 3 rings (SSSR count). The first-order chi connectivity index (χ1) is 7.60. The molecule has 0 aliphatic heterocycles. The van der Waals surface area contributed by atoms with Gasteiger partial charge in [0.25, 0.3) is 0 Å². The van der Waals surface area contributed by atoms with Crippen molar-refractivity contribution < 1.29 is 0 Å². The van der Waals surface area contributed by atoms with Crippen LogP contribution in [0.5, 0.6) is 0 Å². The van der Waals surface area contributed by atoms with Gasteiger partial charge in [0.15, 0.2) is 0 Å². The van der Waals surface area contributed by atoms with Crippen molar-refractivity contribution in [3.63, 3.8) is 0 Å². The van der Waals surface area contributed by atoms with Crippen LogP contribution in [0.15, 0.2) is 11.6 Å². The highest BCUT2D eigenvalue weighted by Crippen LogP contribution is 2.60. The second-order valence-electron chi connectivity index (χ2n) is 7.11. The Kier molecular flexibility index (Phi) is 2.46. The highest BCUT2D eigenvalue weighted by Gasteiger charge is 2.51. The molecule has 90 valence electrons. The van der Waals surface area contributed by atoms with Crippen molar-refractivity contribution in [2.45, 2.75) is 59.3 Å². The summed E-state index contributed by atoms with van der Waals surface area (Å²) in [5.74, 6) is 3.95. The van der Waals surface area contributed by atoms with E-state index in [-0.39, 0.29) is 0 Å². The van der Waals surface area contributed by atoms with E-state index < -0.39 is 0 Å². The third-order valence-electron chi connectivity index (χ3n) is 5.91. The molecule has 2 saturated carbocycles. The van der Waals surface area contributed by atoms with Crippen molar-refractivity contribution in [2.24, 2.45) is 29.1 Å². The van der Waals surface area contributed by atoms with Crippen molar-refractivity contribution in [1.29, 1.82) is 0 Å². The molecule has 0 saturated heterocycles. The van der Waals surface area contributed by atoms with Crippen LogP contribution in [0.2, 0.25) is 0 Å². The third-order valence-corrected chi connectivity index (χ3v) is 5.91. The minimum atomic E-state index is 0.733. The van der Waals surface area contributed by atoms with Crippen molar-refractivity contribution in [2.75, 3.05) is 0 Å². The molecule has 16 heavy (non-hydrogen) atoms. The molecule has 0 heteroatoms. The van der Waals surface area contributed by atoms with Gasteiger partial charge >= 0.3 is 0 Å². The molecule has 4 atom stereocenters. The van der Waals surface area contributed by atoms with Gasteiger partial charge in [-0.3, -0.25) is 0 Å². The SMILES string of the molecule is CC1=CC2[C@@H](CC1)[C@H](C)CC[C@H]2C1(C)CC1. The van der Waals surface area contributed by atoms with E-state index in [1.165, 1.54) is 38.5 Å². The Balaban J connectivity index is 1.87. The lowest BCUT2D eigenvalue weighted by Crippen LogP contribution is -2.38. The van der Waals surface area contributed by atoms with E-state index in [2.05, 4.69) is 26.8 Å². The standard InChI is InChI=1S/C16H26/c1-11-4-6-13-12(2)5-7-15(14(13)10-11)16(3)8-9-16/h10,12-15H,4-9H2,1-3H3/t12-,13+,14?,15-/m1/s1. The molecule has 0 aromatic heterocycles. The van der Waals surface area contributed by atoms with E-state index in [0.717, 1.165) is 29.1 Å². The Morgan fingerprint density at radius 3 is 2.62 bits per heavy atom. The summed E-state index contributed by atoms with van der Waals surface area (Å²) < 4.78 is 0. The second kappa shape index (κ2) is 3.62. The van der Waals surface area contributed by atoms with Gasteiger partial charge in [-0.25, -0.2) is 0 Å². The van der Waals surface area contributed by atoms with Crippen LogP contribution in [-0.2, 0) is 0 Å². The molecule has 0 heterocycles. The van der Waals surface area contributed by atoms with E-state index in [4.69, 9.17) is 0 Å². The molecule has 0 nitrogen and oxygen atoms in total. The van der Waals surface area contributed by atoms with Crippen LogP contribution >= 0.6 is 0 Å². The van der Waals surface area contributed by atoms with Gasteiger partial charge in [0.2, 0.25) is 0 Å². The summed E-state index contributed by atoms with van der Waals surface area (Å²) in [6, 6.07) is 0. The first-order valence-corrected chi connectivity index (χ1v) is 7.27. The molecule has 0 aromatic carbocycles. The van der Waals surface area contributed by atoms with Gasteiger partial charge in [-0.15, -0.1) is 0 Å². The quantitative estimate of drug-likeness (QED) is 0.554. The Bertz CT molecular complexity index is 308. The van der Waals surface area contributed by atoms with Gasteiger partial charge in [0, 0.05) is 0 Å². The molecule has 0 N–H and O–H groups in total. The molecule has 0 amide bonds. The molecule has 3 aliphatic rings. The zero-order valence-corrected chi connectivity index (χ0v) is 11.1. The lowest BCUT2D eigenvalue weighted by molar-refractivity contribution is 0.0740. The van der Waals surface area contributed by atoms with Gasteiger partial charge < -0.3 is 0 Å². The van der Waals surface area contributed by atoms with Gasteiger partial charge in [0.05, 0.1) is 0 Å². The number of hydrogen-bond acceptors (Lipinski definition) is 0. The Labute approximate surface area is 101 Å². The van der Waals surface area contributed by atoms with Crippen LogP contribution in [0.25, 0.3) is 0 Å². The Morgan fingerprint density at radius 1 is 1.19 bits per heavy atom. The van der Waals surface area contributed by atoms with Crippen molar-refractivity contribution in [3.05, 3.63) is 11.6 Å². The van der Waals surface area contributed by atoms with Gasteiger partial charge in [-0.1, -0.05) is 31.9 Å². The summed E-state index contributed by atoms with van der Waals surface area (Å²) >= 11 is 0. The summed E-state index contributed by atoms with van der Waals surface area (Å²) in [7, 11) is 0. The van der Waals surface area contributed by atoms with Crippen LogP contribution in [0.4, 0.5) is 0 Å². The number of hydrogen-bond donors (Lipinski definition) is 0. The van der Waals surface area contributed by atoms with E-state index in [1.807, 2.05) is 0 Å². The van der Waals surface area contributed by atoms with E-state index in [9.17, 15) is 0 Å². The predicted molar refractivity (Wildman–Crippen MR) is 69.2 cm³/mol. The normalized spacial score (nSPS) is 45.8. The summed E-state index contributed by atoms with van der Waals surface area (Å²) in [6.07, 6.45) is 11.5. The predicted octanol–water partition coefficient (Wildman–Crippen LogP) is 4.81. The van der Waals surface area contributed by atoms with Crippen LogP contribution in [0.3, 0.4) is 0 Å². The fourth-order valence-corrected chi connectivity index (χ4v) is 4.43. The van der Waals surface area contributed by atoms with E-state index in [0.29, 0.717) is 0 Å². The molecule has 0 aromatic rings. The minimum Gasteiger partial charge on any atom is -0.0819 e. The van der Waals surface area contributed by atoms with Crippen molar-refractivity contribution in [1.82, 2.24) is 0 Å². The fourth-order valence-electron chi connectivity index (χ4n) is 4.43. The van der Waals surface area contributed by atoms with Gasteiger partial charge in [0.1, 0.15) is 0 Å². The fraction of sp³-hybridized carbons (Fsp3) is 0.875. The number of allylic oxidation sites excluding steroid dienone is 2. The summed E-state index contributed by atoms with van der Waals surface area (Å²) in [4.78, 5) is 0. The van der Waals surface area contributed by atoms with Gasteiger partial charge in [-0.05, 0) is 68.1 Å². The van der Waals surface area contributed by atoms with Crippen LogP contribution < -0.4 is 0 Å². The lowest BCUT2D eigenvalue weighted by atomic mass is 9.59. The molecule has 0 bridgehead atoms. The van der Waals surface area contributed by atoms with Crippen molar-refractivity contribution >= 4 is 0 Å². The molecule has 0 radical (unpaired) electrons. The average Bonchev–Trinajstić information content (AvgIpc) is 2.97.